The summed E-state index contributed by atoms with van der Waals surface area (Å²) < 4.78 is 9.60. The molecular formula is C23H36N2O6. The molecule has 8 nitrogen and oxygen atoms in total. The lowest BCUT2D eigenvalue weighted by Gasteiger charge is -2.23. The van der Waals surface area contributed by atoms with Gasteiger partial charge >= 0.3 is 0 Å². The number of rotatable bonds is 13. The van der Waals surface area contributed by atoms with Crippen molar-refractivity contribution in [2.24, 2.45) is 10.8 Å². The third kappa shape index (κ3) is 8.94. The Bertz CT molecular complexity index is 879. The van der Waals surface area contributed by atoms with E-state index in [1.165, 1.54) is 12.5 Å². The van der Waals surface area contributed by atoms with Crippen LogP contribution in [0.3, 0.4) is 0 Å². The number of ketones is 2. The maximum atomic E-state index is 12.2. The number of carbonyl (C=O) groups excluding carboxylic acids is 2. The van der Waals surface area contributed by atoms with E-state index in [1.54, 1.807) is 0 Å². The van der Waals surface area contributed by atoms with Gasteiger partial charge in [-0.3, -0.25) is 19.2 Å². The van der Waals surface area contributed by atoms with Crippen molar-refractivity contribution < 1.29 is 18.6 Å². The highest BCUT2D eigenvalue weighted by molar-refractivity contribution is 5.86. The summed E-state index contributed by atoms with van der Waals surface area (Å²) >= 11 is 0. The zero-order valence-corrected chi connectivity index (χ0v) is 18.3. The molecule has 31 heavy (non-hydrogen) atoms. The fourth-order valence-electron chi connectivity index (χ4n) is 3.48. The van der Waals surface area contributed by atoms with Gasteiger partial charge in [0.2, 0.25) is 0 Å². The average molecular weight is 437 g/mol. The predicted octanol–water partition coefficient (Wildman–Crippen LogP) is 4.20. The zero-order chi connectivity index (χ0) is 22.4. The molecule has 2 N–H and O–H groups in total. The van der Waals surface area contributed by atoms with Gasteiger partial charge in [-0.25, -0.2) is 0 Å². The summed E-state index contributed by atoms with van der Waals surface area (Å²) in [5.74, 6) is 0.114. The van der Waals surface area contributed by atoms with E-state index >= 15 is 0 Å². The number of nitrogens with one attached hydrogen (secondary N) is 2. The summed E-state index contributed by atoms with van der Waals surface area (Å²) in [5.41, 5.74) is 0.239. The first-order valence-electron chi connectivity index (χ1n) is 10.3. The Morgan fingerprint density at radius 1 is 0.742 bits per heavy atom. The highest BCUT2D eigenvalue weighted by Crippen LogP contribution is 2.28. The Morgan fingerprint density at radius 2 is 1.10 bits per heavy atom. The monoisotopic (exact) mass is 436 g/mol. The lowest BCUT2D eigenvalue weighted by Crippen LogP contribution is -2.21. The molecule has 0 aromatic carbocycles. The molecule has 0 unspecified atom stereocenters. The molecule has 2 heterocycles. The molecule has 0 aliphatic carbocycles. The number of Topliss-reactive ketones (excluding diaryl/α,β-unsaturated/α-hetero) is 2. The summed E-state index contributed by atoms with van der Waals surface area (Å²) in [7, 11) is 0. The average Bonchev–Trinajstić information content (AvgIpc) is 3.24. The van der Waals surface area contributed by atoms with Gasteiger partial charge < -0.3 is 9.05 Å². The van der Waals surface area contributed by atoms with E-state index in [4.69, 9.17) is 9.05 Å². The van der Waals surface area contributed by atoms with E-state index in [0.717, 1.165) is 0 Å². The molecule has 2 aromatic heterocycles. The smallest absolute Gasteiger partial charge is 0.283 e. The quantitative estimate of drug-likeness (QED) is 0.484. The minimum absolute atomic E-state index is 0. The molecule has 0 saturated heterocycles. The Hall–Kier alpha value is -2.64. The highest BCUT2D eigenvalue weighted by atomic mass is 16.5. The molecule has 0 aliphatic rings. The molecule has 2 rings (SSSR count). The molecule has 0 spiro atoms. The van der Waals surface area contributed by atoms with Gasteiger partial charge in [0, 0.05) is 25.7 Å². The van der Waals surface area contributed by atoms with Crippen LogP contribution < -0.4 is 11.1 Å². The van der Waals surface area contributed by atoms with Crippen molar-refractivity contribution in [3.63, 3.8) is 0 Å². The van der Waals surface area contributed by atoms with Gasteiger partial charge in [0.15, 0.2) is 0 Å². The first-order valence-corrected chi connectivity index (χ1v) is 10.3. The maximum Gasteiger partial charge on any atom is 0.283 e. The molecule has 174 valence electrons. The minimum atomic E-state index is -0.236. The van der Waals surface area contributed by atoms with Crippen LogP contribution in [0.1, 0.15) is 84.8 Å². The Kier molecular flexibility index (Phi) is 9.46. The van der Waals surface area contributed by atoms with Crippen LogP contribution in [0.25, 0.3) is 0 Å². The van der Waals surface area contributed by atoms with Crippen LogP contribution in [0.2, 0.25) is 0 Å². The third-order valence-corrected chi connectivity index (χ3v) is 5.47. The first kappa shape index (κ1) is 26.4. The summed E-state index contributed by atoms with van der Waals surface area (Å²) in [4.78, 5) is 47.6. The Morgan fingerprint density at radius 3 is 1.39 bits per heavy atom. The normalized spacial score (nSPS) is 11.9. The number of hydrogen-bond acceptors (Lipinski definition) is 6. The van der Waals surface area contributed by atoms with Gasteiger partial charge in [-0.05, 0) is 36.5 Å². The van der Waals surface area contributed by atoms with E-state index in [2.05, 4.69) is 10.3 Å². The molecular weight excluding hydrogens is 400 g/mol. The Balaban J connectivity index is 0.00000480. The minimum Gasteiger partial charge on any atom is -0.387 e. The molecule has 0 fully saturated rings. The fraction of sp³-hybridized carbons (Fsp3) is 0.652. The molecule has 0 aliphatic heterocycles. The van der Waals surface area contributed by atoms with Gasteiger partial charge in [0.25, 0.3) is 11.1 Å². The van der Waals surface area contributed by atoms with Gasteiger partial charge in [-0.15, -0.1) is 0 Å². The SMILES string of the molecule is C.CC(C)(CCC(=O)CCC(=O)CCC(C)(C)Cc1co[nH]c1=O)Cc1co[nH]c1=O. The van der Waals surface area contributed by atoms with Crippen molar-refractivity contribution in [3.8, 4) is 0 Å². The predicted molar refractivity (Wildman–Crippen MR) is 118 cm³/mol. The molecule has 8 heteroatoms. The lowest BCUT2D eigenvalue weighted by molar-refractivity contribution is -0.124. The molecule has 0 amide bonds. The second-order valence-corrected chi connectivity index (χ2v) is 9.64. The van der Waals surface area contributed by atoms with Crippen LogP contribution in [-0.4, -0.2) is 21.9 Å². The van der Waals surface area contributed by atoms with E-state index in [1.807, 2.05) is 27.7 Å². The van der Waals surface area contributed by atoms with Crippen LogP contribution in [0.5, 0.6) is 0 Å². The molecule has 0 saturated carbocycles. The van der Waals surface area contributed by atoms with Crippen LogP contribution in [-0.2, 0) is 22.4 Å². The van der Waals surface area contributed by atoms with E-state index in [9.17, 15) is 19.2 Å². The number of aromatic nitrogens is 2. The van der Waals surface area contributed by atoms with Crippen molar-refractivity contribution in [2.45, 2.75) is 86.5 Å². The second-order valence-electron chi connectivity index (χ2n) is 9.64. The number of aromatic amines is 2. The van der Waals surface area contributed by atoms with Crippen molar-refractivity contribution in [1.82, 2.24) is 10.3 Å². The van der Waals surface area contributed by atoms with Gasteiger partial charge in [-0.1, -0.05) is 35.1 Å². The van der Waals surface area contributed by atoms with Gasteiger partial charge in [0.1, 0.15) is 24.1 Å². The van der Waals surface area contributed by atoms with Crippen LogP contribution in [0.4, 0.5) is 0 Å². The van der Waals surface area contributed by atoms with E-state index < -0.39 is 0 Å². The summed E-state index contributed by atoms with van der Waals surface area (Å²) in [6.07, 6.45) is 6.39. The van der Waals surface area contributed by atoms with Gasteiger partial charge in [-0.2, -0.15) is 10.3 Å². The number of hydrogen-bond donors (Lipinski definition) is 2. The van der Waals surface area contributed by atoms with Crippen LogP contribution >= 0.6 is 0 Å². The van der Waals surface area contributed by atoms with Crippen LogP contribution in [0, 0.1) is 10.8 Å². The maximum absolute atomic E-state index is 12.2. The zero-order valence-electron chi connectivity index (χ0n) is 18.3. The number of H-pyrrole nitrogens is 2. The molecule has 2 aromatic rings. The van der Waals surface area contributed by atoms with Crippen LogP contribution in [0.15, 0.2) is 31.2 Å². The van der Waals surface area contributed by atoms with Gasteiger partial charge in [0.05, 0.1) is 11.1 Å². The van der Waals surface area contributed by atoms with E-state index in [0.29, 0.717) is 49.7 Å². The second kappa shape index (κ2) is 11.1. The van der Waals surface area contributed by atoms with Crippen molar-refractivity contribution in [1.29, 1.82) is 0 Å². The highest BCUT2D eigenvalue weighted by Gasteiger charge is 2.24. The third-order valence-electron chi connectivity index (χ3n) is 5.47. The topological polar surface area (TPSA) is 126 Å². The molecule has 0 bridgehead atoms. The number of carbonyl (C=O) groups is 2. The summed E-state index contributed by atoms with van der Waals surface area (Å²) in [5, 5.41) is 4.54. The standard InChI is InChI=1S/C22H32N2O6.CH4/c1-21(2,11-15-13-29-23-19(15)27)9-7-17(25)5-6-18(26)8-10-22(3,4)12-16-14-30-24-20(16)28;/h13-14H,5-12H2,1-4H3,(H,23,27)(H,24,28);1H4. The van der Waals surface area contributed by atoms with E-state index in [-0.39, 0.29) is 53.8 Å². The molecule has 0 radical (unpaired) electrons. The summed E-state index contributed by atoms with van der Waals surface area (Å²) in [6.45, 7) is 8.02. The van der Waals surface area contributed by atoms with Crippen molar-refractivity contribution in [2.75, 3.05) is 0 Å². The lowest BCUT2D eigenvalue weighted by atomic mass is 9.81. The first-order chi connectivity index (χ1) is 14.0. The summed E-state index contributed by atoms with van der Waals surface area (Å²) in [6, 6.07) is 0. The van der Waals surface area contributed by atoms with Crippen molar-refractivity contribution in [3.05, 3.63) is 44.4 Å². The van der Waals surface area contributed by atoms with Crippen molar-refractivity contribution >= 4 is 11.6 Å². The fourth-order valence-corrected chi connectivity index (χ4v) is 3.48. The Labute approximate surface area is 182 Å². The largest absolute Gasteiger partial charge is 0.387 e. The molecule has 0 atom stereocenters.